The molecule has 1 atom stereocenters. The summed E-state index contributed by atoms with van der Waals surface area (Å²) in [6.45, 7) is 1.69. The summed E-state index contributed by atoms with van der Waals surface area (Å²) in [5.41, 5.74) is 0. The quantitative estimate of drug-likeness (QED) is 0.811. The number of nitrogens with one attached hydrogen (secondary N) is 1. The number of hydrogen-bond acceptors (Lipinski definition) is 4. The summed E-state index contributed by atoms with van der Waals surface area (Å²) >= 11 is 1.58. The zero-order chi connectivity index (χ0) is 12.8. The molecule has 94 valence electrons. The number of carbonyl (C=O) groups is 2. The number of carboxylic acid groups (broad SMARTS) is 1. The van der Waals surface area contributed by atoms with Gasteiger partial charge in [0.25, 0.3) is 5.91 Å². The van der Waals surface area contributed by atoms with Crippen molar-refractivity contribution in [3.05, 3.63) is 23.7 Å². The Morgan fingerprint density at radius 2 is 2.24 bits per heavy atom. The van der Waals surface area contributed by atoms with E-state index >= 15 is 0 Å². The summed E-state index contributed by atoms with van der Waals surface area (Å²) in [5.74, 6) is -0.00761. The van der Waals surface area contributed by atoms with E-state index in [-0.39, 0.29) is 5.76 Å². The number of carboxylic acids is 1. The molecule has 1 heterocycles. The number of thioether (sulfide) groups is 1. The molecule has 0 aliphatic rings. The molecule has 1 rings (SSSR count). The highest BCUT2D eigenvalue weighted by molar-refractivity contribution is 7.97. The molecular weight excluding hydrogens is 242 g/mol. The second-order valence-corrected chi connectivity index (χ2v) is 4.34. The van der Waals surface area contributed by atoms with E-state index in [1.165, 1.54) is 0 Å². The van der Waals surface area contributed by atoms with Gasteiger partial charge in [0.1, 0.15) is 11.8 Å². The molecule has 0 aromatic carbocycles. The Balaban J connectivity index is 2.65. The Kier molecular flexibility index (Phi) is 5.09. The second-order valence-electron chi connectivity index (χ2n) is 3.47. The van der Waals surface area contributed by atoms with E-state index in [9.17, 15) is 9.59 Å². The first kappa shape index (κ1) is 13.6. The molecular formula is C11H15NO4S. The minimum Gasteiger partial charge on any atom is -0.480 e. The molecule has 0 saturated carbocycles. The van der Waals surface area contributed by atoms with Crippen LogP contribution in [0.5, 0.6) is 0 Å². The van der Waals surface area contributed by atoms with E-state index in [4.69, 9.17) is 9.52 Å². The molecule has 0 bridgehead atoms. The smallest absolute Gasteiger partial charge is 0.326 e. The van der Waals surface area contributed by atoms with Crippen molar-refractivity contribution in [3.8, 4) is 0 Å². The fourth-order valence-electron chi connectivity index (χ4n) is 1.29. The van der Waals surface area contributed by atoms with E-state index in [0.29, 0.717) is 17.9 Å². The van der Waals surface area contributed by atoms with Crippen LogP contribution in [0.25, 0.3) is 0 Å². The molecule has 0 aliphatic carbocycles. The average molecular weight is 257 g/mol. The third-order valence-electron chi connectivity index (χ3n) is 2.18. The summed E-state index contributed by atoms with van der Waals surface area (Å²) in [6, 6.07) is 2.39. The predicted molar refractivity (Wildman–Crippen MR) is 65.1 cm³/mol. The molecule has 0 spiro atoms. The van der Waals surface area contributed by atoms with Crippen LogP contribution in [-0.4, -0.2) is 29.3 Å². The van der Waals surface area contributed by atoms with Crippen LogP contribution in [0.4, 0.5) is 0 Å². The summed E-state index contributed by atoms with van der Waals surface area (Å²) in [5, 5.41) is 11.2. The highest BCUT2D eigenvalue weighted by atomic mass is 32.2. The van der Waals surface area contributed by atoms with Gasteiger partial charge in [0.2, 0.25) is 0 Å². The zero-order valence-electron chi connectivity index (χ0n) is 9.73. The maximum atomic E-state index is 11.7. The summed E-state index contributed by atoms with van der Waals surface area (Å²) in [6.07, 6.45) is 2.26. The molecule has 0 radical (unpaired) electrons. The van der Waals surface area contributed by atoms with Gasteiger partial charge in [0.15, 0.2) is 5.76 Å². The third-order valence-corrected chi connectivity index (χ3v) is 2.76. The fraction of sp³-hybridized carbons (Fsp3) is 0.455. The maximum Gasteiger partial charge on any atom is 0.326 e. The highest BCUT2D eigenvalue weighted by Crippen LogP contribution is 2.13. The number of aliphatic carboxylic acids is 1. The van der Waals surface area contributed by atoms with Crippen LogP contribution in [0, 0.1) is 0 Å². The number of rotatable bonds is 6. The lowest BCUT2D eigenvalue weighted by atomic mass is 10.2. The van der Waals surface area contributed by atoms with Gasteiger partial charge in [-0.05, 0) is 24.8 Å². The van der Waals surface area contributed by atoms with Gasteiger partial charge in [0, 0.05) is 0 Å². The molecule has 1 aromatic rings. The monoisotopic (exact) mass is 257 g/mol. The first-order valence-corrected chi connectivity index (χ1v) is 6.59. The van der Waals surface area contributed by atoms with E-state index in [0.717, 1.165) is 0 Å². The van der Waals surface area contributed by atoms with Gasteiger partial charge < -0.3 is 14.8 Å². The van der Waals surface area contributed by atoms with Crippen molar-refractivity contribution in [1.29, 1.82) is 0 Å². The molecule has 17 heavy (non-hydrogen) atoms. The Morgan fingerprint density at radius 3 is 2.76 bits per heavy atom. The largest absolute Gasteiger partial charge is 0.480 e. The van der Waals surface area contributed by atoms with Gasteiger partial charge in [0.05, 0.1) is 5.75 Å². The minimum absolute atomic E-state index is 0.147. The standard InChI is InChI=1S/C11H15NO4S/c1-3-8(11(14)15)12-10(13)9-5-4-7(16-9)6-17-2/h4-5,8H,3,6H2,1-2H3,(H,12,13)(H,14,15)/t8-/m1/s1. The van der Waals surface area contributed by atoms with E-state index in [1.807, 2.05) is 6.26 Å². The van der Waals surface area contributed by atoms with Crippen molar-refractivity contribution < 1.29 is 19.1 Å². The Hall–Kier alpha value is -1.43. The van der Waals surface area contributed by atoms with Crippen molar-refractivity contribution in [1.82, 2.24) is 5.32 Å². The molecule has 6 heteroatoms. The van der Waals surface area contributed by atoms with Crippen LogP contribution in [-0.2, 0) is 10.5 Å². The zero-order valence-corrected chi connectivity index (χ0v) is 10.5. The van der Waals surface area contributed by atoms with Crippen LogP contribution in [0.1, 0.15) is 29.7 Å². The number of hydrogen-bond donors (Lipinski definition) is 2. The van der Waals surface area contributed by atoms with E-state index in [2.05, 4.69) is 5.32 Å². The van der Waals surface area contributed by atoms with Gasteiger partial charge >= 0.3 is 5.97 Å². The molecule has 1 amide bonds. The van der Waals surface area contributed by atoms with Crippen LogP contribution >= 0.6 is 11.8 Å². The lowest BCUT2D eigenvalue weighted by molar-refractivity contribution is -0.139. The van der Waals surface area contributed by atoms with Gasteiger partial charge in [-0.2, -0.15) is 11.8 Å². The first-order valence-electron chi connectivity index (χ1n) is 5.19. The van der Waals surface area contributed by atoms with Gasteiger partial charge in [-0.15, -0.1) is 0 Å². The molecule has 0 aliphatic heterocycles. The SMILES string of the molecule is CC[C@@H](NC(=O)c1ccc(CSC)o1)C(=O)O. The topological polar surface area (TPSA) is 79.5 Å². The first-order chi connectivity index (χ1) is 8.08. The minimum atomic E-state index is -1.04. The van der Waals surface area contributed by atoms with Crippen molar-refractivity contribution in [2.24, 2.45) is 0 Å². The fourth-order valence-corrected chi connectivity index (χ4v) is 1.73. The maximum absolute atomic E-state index is 11.7. The molecule has 0 fully saturated rings. The van der Waals surface area contributed by atoms with Gasteiger partial charge in [-0.25, -0.2) is 4.79 Å². The number of amides is 1. The Bertz CT molecular complexity index is 402. The normalized spacial score (nSPS) is 12.1. The van der Waals surface area contributed by atoms with Crippen LogP contribution in [0.2, 0.25) is 0 Å². The lowest BCUT2D eigenvalue weighted by Gasteiger charge is -2.10. The summed E-state index contributed by atoms with van der Waals surface area (Å²) in [7, 11) is 0. The summed E-state index contributed by atoms with van der Waals surface area (Å²) in [4.78, 5) is 22.4. The Morgan fingerprint density at radius 1 is 1.53 bits per heavy atom. The van der Waals surface area contributed by atoms with Crippen molar-refractivity contribution in [2.75, 3.05) is 6.26 Å². The van der Waals surface area contributed by atoms with Gasteiger partial charge in [-0.1, -0.05) is 6.92 Å². The lowest BCUT2D eigenvalue weighted by Crippen LogP contribution is -2.40. The highest BCUT2D eigenvalue weighted by Gasteiger charge is 2.20. The van der Waals surface area contributed by atoms with Crippen LogP contribution < -0.4 is 5.32 Å². The average Bonchev–Trinajstić information content (AvgIpc) is 2.74. The number of furan rings is 1. The van der Waals surface area contributed by atoms with Crippen molar-refractivity contribution in [2.45, 2.75) is 25.1 Å². The number of carbonyl (C=O) groups excluding carboxylic acids is 1. The second kappa shape index (κ2) is 6.34. The van der Waals surface area contributed by atoms with E-state index in [1.54, 1.807) is 30.8 Å². The Labute approximate surface area is 104 Å². The third kappa shape index (κ3) is 3.81. The van der Waals surface area contributed by atoms with Crippen molar-refractivity contribution >= 4 is 23.6 Å². The van der Waals surface area contributed by atoms with Crippen LogP contribution in [0.15, 0.2) is 16.5 Å². The summed E-state index contributed by atoms with van der Waals surface area (Å²) < 4.78 is 5.29. The van der Waals surface area contributed by atoms with Gasteiger partial charge in [-0.3, -0.25) is 4.79 Å². The van der Waals surface area contributed by atoms with E-state index < -0.39 is 17.9 Å². The molecule has 0 unspecified atom stereocenters. The van der Waals surface area contributed by atoms with Crippen LogP contribution in [0.3, 0.4) is 0 Å². The molecule has 1 aromatic heterocycles. The predicted octanol–water partition coefficient (Wildman–Crippen LogP) is 1.74. The molecule has 5 nitrogen and oxygen atoms in total. The van der Waals surface area contributed by atoms with Crippen molar-refractivity contribution in [3.63, 3.8) is 0 Å². The molecule has 2 N–H and O–H groups in total. The molecule has 0 saturated heterocycles.